The van der Waals surface area contributed by atoms with Crippen molar-refractivity contribution < 1.29 is 19.1 Å². The first-order valence-electron chi connectivity index (χ1n) is 11.8. The monoisotopic (exact) mass is 512 g/mol. The Morgan fingerprint density at radius 1 is 1.31 bits per heavy atom. The molecule has 1 fully saturated rings. The summed E-state index contributed by atoms with van der Waals surface area (Å²) in [7, 11) is 1.63. The molecule has 0 unspecified atom stereocenters. The van der Waals surface area contributed by atoms with E-state index in [2.05, 4.69) is 15.4 Å². The number of hydrogen-bond acceptors (Lipinski definition) is 8. The molecule has 2 aliphatic rings. The first-order chi connectivity index (χ1) is 17.1. The molecule has 0 radical (unpaired) electrons. The van der Waals surface area contributed by atoms with Crippen LogP contribution >= 0.6 is 11.3 Å². The average molecular weight is 513 g/mol. The maximum absolute atomic E-state index is 13.7. The molecular weight excluding hydrogens is 480 g/mol. The molecular formula is C25H32N6O4S. The van der Waals surface area contributed by atoms with Gasteiger partial charge < -0.3 is 20.7 Å². The standard InChI is InChI=1S/C25H32N6O4S/c1-24(2,26)22(33)28-19(13-35-12-17-7-5-4-6-8-17)21(32)31-10-9-20-25(15-31,23(34)30(3)29-20)11-18-14-36-16-27-18/h4-8,14,16,19H,9-13,15,26H2,1-3H3,(H,28,33)/t19-,25-/m1/s1. The maximum Gasteiger partial charge on any atom is 0.256 e. The number of nitrogens with zero attached hydrogens (tertiary/aromatic N) is 4. The third kappa shape index (κ3) is 5.48. The number of fused-ring (bicyclic) bond motifs is 1. The van der Waals surface area contributed by atoms with Gasteiger partial charge in [-0.05, 0) is 19.4 Å². The van der Waals surface area contributed by atoms with E-state index in [1.54, 1.807) is 31.3 Å². The van der Waals surface area contributed by atoms with Crippen LogP contribution in [0, 0.1) is 5.41 Å². The molecule has 3 amide bonds. The van der Waals surface area contributed by atoms with Crippen molar-refractivity contribution in [1.29, 1.82) is 0 Å². The van der Waals surface area contributed by atoms with Gasteiger partial charge in [0.05, 0.1) is 35.7 Å². The summed E-state index contributed by atoms with van der Waals surface area (Å²) in [4.78, 5) is 45.7. The van der Waals surface area contributed by atoms with Gasteiger partial charge in [-0.1, -0.05) is 30.3 Å². The average Bonchev–Trinajstić information content (AvgIpc) is 3.44. The highest BCUT2D eigenvalue weighted by Gasteiger charge is 2.54. The number of hydrazone groups is 1. The van der Waals surface area contributed by atoms with Gasteiger partial charge in [0, 0.05) is 38.4 Å². The van der Waals surface area contributed by atoms with Gasteiger partial charge in [-0.2, -0.15) is 5.10 Å². The molecule has 2 atom stereocenters. The fourth-order valence-electron chi connectivity index (χ4n) is 4.51. The van der Waals surface area contributed by atoms with E-state index in [0.717, 1.165) is 17.0 Å². The molecule has 1 aromatic heterocycles. The highest BCUT2D eigenvalue weighted by Crippen LogP contribution is 2.38. The Hall–Kier alpha value is -3.15. The zero-order chi connectivity index (χ0) is 25.9. The van der Waals surface area contributed by atoms with Crippen LogP contribution in [-0.2, 0) is 32.1 Å². The second-order valence-electron chi connectivity index (χ2n) is 9.87. The summed E-state index contributed by atoms with van der Waals surface area (Å²) in [6.07, 6.45) is 0.819. The molecule has 11 heteroatoms. The predicted molar refractivity (Wildman–Crippen MR) is 136 cm³/mol. The number of thiazole rings is 1. The van der Waals surface area contributed by atoms with Crippen LogP contribution in [-0.4, -0.2) is 76.7 Å². The highest BCUT2D eigenvalue weighted by molar-refractivity contribution is 7.07. The number of amides is 3. The number of nitrogens with one attached hydrogen (secondary N) is 1. The number of ether oxygens (including phenoxy) is 1. The van der Waals surface area contributed by atoms with Crippen molar-refractivity contribution in [2.24, 2.45) is 16.3 Å². The number of piperidine rings is 1. The summed E-state index contributed by atoms with van der Waals surface area (Å²) >= 11 is 1.46. The number of carbonyl (C=O) groups is 3. The van der Waals surface area contributed by atoms with Gasteiger partial charge >= 0.3 is 0 Å². The van der Waals surface area contributed by atoms with E-state index >= 15 is 0 Å². The number of aromatic nitrogens is 1. The Labute approximate surface area is 214 Å². The summed E-state index contributed by atoms with van der Waals surface area (Å²) < 4.78 is 5.83. The third-order valence-corrected chi connectivity index (χ3v) is 7.10. The molecule has 1 saturated heterocycles. The lowest BCUT2D eigenvalue weighted by Crippen LogP contribution is -2.61. The van der Waals surface area contributed by atoms with Crippen molar-refractivity contribution >= 4 is 34.8 Å². The fourth-order valence-corrected chi connectivity index (χ4v) is 5.07. The van der Waals surface area contributed by atoms with Crippen LogP contribution in [0.15, 0.2) is 46.3 Å². The van der Waals surface area contributed by atoms with Gasteiger partial charge in [0.15, 0.2) is 0 Å². The Morgan fingerprint density at radius 3 is 2.72 bits per heavy atom. The van der Waals surface area contributed by atoms with Crippen LogP contribution in [0.3, 0.4) is 0 Å². The van der Waals surface area contributed by atoms with E-state index in [-0.39, 0.29) is 25.0 Å². The van der Waals surface area contributed by atoms with Gasteiger partial charge in [-0.3, -0.25) is 14.4 Å². The normalized spacial score (nSPS) is 20.7. The van der Waals surface area contributed by atoms with Crippen LogP contribution in [0.25, 0.3) is 0 Å². The number of benzene rings is 1. The summed E-state index contributed by atoms with van der Waals surface area (Å²) in [5.41, 5.74) is 8.06. The van der Waals surface area contributed by atoms with Gasteiger partial charge in [0.1, 0.15) is 11.5 Å². The molecule has 0 bridgehead atoms. The number of nitrogens with two attached hydrogens (primary N) is 1. The molecule has 0 aliphatic carbocycles. The van der Waals surface area contributed by atoms with Gasteiger partial charge in [-0.25, -0.2) is 9.99 Å². The summed E-state index contributed by atoms with van der Waals surface area (Å²) in [5, 5.41) is 10.5. The number of rotatable bonds is 9. The minimum Gasteiger partial charge on any atom is -0.374 e. The fraction of sp³-hybridized carbons (Fsp3) is 0.480. The van der Waals surface area contributed by atoms with Crippen LogP contribution < -0.4 is 11.1 Å². The smallest absolute Gasteiger partial charge is 0.256 e. The summed E-state index contributed by atoms with van der Waals surface area (Å²) in [6, 6.07) is 8.63. The molecule has 4 rings (SSSR count). The van der Waals surface area contributed by atoms with Crippen molar-refractivity contribution in [1.82, 2.24) is 20.2 Å². The number of likely N-dealkylation sites (tertiary alicyclic amines) is 1. The zero-order valence-electron chi connectivity index (χ0n) is 20.8. The minimum absolute atomic E-state index is 0.0278. The predicted octanol–water partition coefficient (Wildman–Crippen LogP) is 1.17. The van der Waals surface area contributed by atoms with E-state index in [1.165, 1.54) is 16.3 Å². The molecule has 10 nitrogen and oxygen atoms in total. The first-order valence-corrected chi connectivity index (χ1v) is 12.8. The maximum atomic E-state index is 13.7. The van der Waals surface area contributed by atoms with E-state index in [4.69, 9.17) is 10.5 Å². The SMILES string of the molecule is CN1N=C2CCN(C(=O)[C@@H](COCc3ccccc3)NC(=O)C(C)(C)N)C[C@@]2(Cc2cscn2)C1=O. The molecule has 192 valence electrons. The number of hydrogen-bond donors (Lipinski definition) is 2. The van der Waals surface area contributed by atoms with Gasteiger partial charge in [0.25, 0.3) is 5.91 Å². The van der Waals surface area contributed by atoms with Gasteiger partial charge in [-0.15, -0.1) is 11.3 Å². The van der Waals surface area contributed by atoms with E-state index in [1.807, 2.05) is 35.7 Å². The lowest BCUT2D eigenvalue weighted by Gasteiger charge is -2.40. The lowest BCUT2D eigenvalue weighted by atomic mass is 9.74. The Kier molecular flexibility index (Phi) is 7.53. The first kappa shape index (κ1) is 25.9. The van der Waals surface area contributed by atoms with Crippen molar-refractivity contribution in [3.05, 3.63) is 52.5 Å². The van der Waals surface area contributed by atoms with E-state index < -0.39 is 22.9 Å². The topological polar surface area (TPSA) is 130 Å². The second-order valence-corrected chi connectivity index (χ2v) is 10.6. The molecule has 3 N–H and O–H groups in total. The van der Waals surface area contributed by atoms with Crippen molar-refractivity contribution in [3.8, 4) is 0 Å². The van der Waals surface area contributed by atoms with Crippen molar-refractivity contribution in [3.63, 3.8) is 0 Å². The molecule has 2 aliphatic heterocycles. The summed E-state index contributed by atoms with van der Waals surface area (Å²) in [5.74, 6) is -0.941. The Balaban J connectivity index is 1.53. The van der Waals surface area contributed by atoms with Crippen LogP contribution in [0.1, 0.15) is 31.5 Å². The van der Waals surface area contributed by atoms with Crippen LogP contribution in [0.2, 0.25) is 0 Å². The van der Waals surface area contributed by atoms with Crippen molar-refractivity contribution in [2.75, 3.05) is 26.7 Å². The molecule has 0 spiro atoms. The third-order valence-electron chi connectivity index (χ3n) is 6.47. The largest absolute Gasteiger partial charge is 0.374 e. The molecule has 0 saturated carbocycles. The zero-order valence-corrected chi connectivity index (χ0v) is 21.6. The van der Waals surface area contributed by atoms with E-state index in [9.17, 15) is 14.4 Å². The van der Waals surface area contributed by atoms with Crippen LogP contribution in [0.4, 0.5) is 0 Å². The lowest BCUT2D eigenvalue weighted by molar-refractivity contribution is -0.143. The molecule has 1 aromatic carbocycles. The molecule has 36 heavy (non-hydrogen) atoms. The van der Waals surface area contributed by atoms with Crippen molar-refractivity contribution in [2.45, 2.75) is 44.9 Å². The Bertz CT molecular complexity index is 1130. The second kappa shape index (κ2) is 10.5. The van der Waals surface area contributed by atoms with E-state index in [0.29, 0.717) is 26.0 Å². The van der Waals surface area contributed by atoms with Crippen LogP contribution in [0.5, 0.6) is 0 Å². The summed E-state index contributed by atoms with van der Waals surface area (Å²) in [6.45, 7) is 3.96. The highest BCUT2D eigenvalue weighted by atomic mass is 32.1. The molecule has 2 aromatic rings. The Morgan fingerprint density at radius 2 is 2.06 bits per heavy atom. The molecule has 3 heterocycles. The quantitative estimate of drug-likeness (QED) is 0.519. The number of carbonyl (C=O) groups excluding carboxylic acids is 3. The van der Waals surface area contributed by atoms with Gasteiger partial charge in [0.2, 0.25) is 11.8 Å². The minimum atomic E-state index is -1.17.